The summed E-state index contributed by atoms with van der Waals surface area (Å²) in [6.45, 7) is 2.12. The summed E-state index contributed by atoms with van der Waals surface area (Å²) >= 11 is 0. The van der Waals surface area contributed by atoms with Gasteiger partial charge in [-0.05, 0) is 25.5 Å². The molecule has 0 atom stereocenters. The number of nitrogens with zero attached hydrogens (tertiary/aromatic N) is 3. The summed E-state index contributed by atoms with van der Waals surface area (Å²) < 4.78 is 28.1. The molecule has 0 radical (unpaired) electrons. The lowest BCUT2D eigenvalue weighted by molar-refractivity contribution is 0.0952. The van der Waals surface area contributed by atoms with Crippen LogP contribution in [0, 0.1) is 6.92 Å². The number of aliphatic hydroxyl groups excluding tert-OH is 1. The van der Waals surface area contributed by atoms with E-state index in [-0.39, 0.29) is 29.4 Å². The number of anilines is 1. The summed E-state index contributed by atoms with van der Waals surface area (Å²) in [4.78, 5) is 12.4. The Morgan fingerprint density at radius 2 is 1.96 bits per heavy atom. The predicted molar refractivity (Wildman–Crippen MR) is 94.0 cm³/mol. The highest BCUT2D eigenvalue weighted by Gasteiger charge is 2.28. The van der Waals surface area contributed by atoms with Gasteiger partial charge in [-0.15, -0.1) is 0 Å². The highest BCUT2D eigenvalue weighted by molar-refractivity contribution is 7.92. The van der Waals surface area contributed by atoms with Gasteiger partial charge in [0.2, 0.25) is 0 Å². The van der Waals surface area contributed by atoms with Crippen LogP contribution < -0.4 is 9.62 Å². The van der Waals surface area contributed by atoms with Crippen LogP contribution in [0.5, 0.6) is 0 Å². The fourth-order valence-electron chi connectivity index (χ4n) is 2.32. The lowest BCUT2D eigenvalue weighted by Gasteiger charge is -2.21. The Kier molecular flexibility index (Phi) is 5.81. The molecule has 0 aliphatic carbocycles. The number of nitrogens with one attached hydrogen (secondary N) is 1. The van der Waals surface area contributed by atoms with Gasteiger partial charge in [-0.2, -0.15) is 5.10 Å². The van der Waals surface area contributed by atoms with Crippen molar-refractivity contribution in [2.45, 2.75) is 18.2 Å². The minimum atomic E-state index is -3.83. The van der Waals surface area contributed by atoms with Crippen molar-refractivity contribution in [2.75, 3.05) is 24.5 Å². The number of hydrogen-bond acceptors (Lipinski definition) is 5. The standard InChI is InChI=1S/C16H22N4O4S/c1-12-5-7-13(8-6-12)25(23,24)20(3)16-14(11-18-19(16)2)15(22)17-9-4-10-21/h5-8,11,21H,4,9-10H2,1-3H3,(H,17,22). The molecule has 0 aliphatic rings. The topological polar surface area (TPSA) is 105 Å². The quantitative estimate of drug-likeness (QED) is 0.701. The van der Waals surface area contributed by atoms with Crippen molar-refractivity contribution in [3.05, 3.63) is 41.6 Å². The summed E-state index contributed by atoms with van der Waals surface area (Å²) in [5.74, 6) is -0.274. The smallest absolute Gasteiger partial charge is 0.265 e. The molecule has 1 aromatic heterocycles. The molecule has 9 heteroatoms. The SMILES string of the molecule is Cc1ccc(S(=O)(=O)N(C)c2c(C(=O)NCCCO)cnn2C)cc1. The maximum Gasteiger partial charge on any atom is 0.265 e. The highest BCUT2D eigenvalue weighted by Crippen LogP contribution is 2.25. The molecule has 1 aromatic carbocycles. The number of carbonyl (C=O) groups is 1. The maximum atomic E-state index is 12.8. The van der Waals surface area contributed by atoms with Crippen molar-refractivity contribution in [3.8, 4) is 0 Å². The number of hydrogen-bond donors (Lipinski definition) is 2. The Morgan fingerprint density at radius 3 is 2.56 bits per heavy atom. The van der Waals surface area contributed by atoms with E-state index in [2.05, 4.69) is 10.4 Å². The van der Waals surface area contributed by atoms with Gasteiger partial charge in [-0.3, -0.25) is 13.8 Å². The van der Waals surface area contributed by atoms with Gasteiger partial charge >= 0.3 is 0 Å². The van der Waals surface area contributed by atoms with Crippen LogP contribution in [0.1, 0.15) is 22.3 Å². The largest absolute Gasteiger partial charge is 0.396 e. The van der Waals surface area contributed by atoms with Crippen LogP contribution >= 0.6 is 0 Å². The number of rotatable bonds is 7. The molecule has 0 aliphatic heterocycles. The highest BCUT2D eigenvalue weighted by atomic mass is 32.2. The van der Waals surface area contributed by atoms with Gasteiger partial charge in [0.1, 0.15) is 5.56 Å². The lowest BCUT2D eigenvalue weighted by atomic mass is 10.2. The lowest BCUT2D eigenvalue weighted by Crippen LogP contribution is -2.32. The van der Waals surface area contributed by atoms with Crippen LogP contribution in [0.3, 0.4) is 0 Å². The number of benzene rings is 1. The van der Waals surface area contributed by atoms with E-state index in [1.54, 1.807) is 19.2 Å². The van der Waals surface area contributed by atoms with E-state index in [9.17, 15) is 13.2 Å². The second-order valence-electron chi connectivity index (χ2n) is 5.62. The zero-order valence-corrected chi connectivity index (χ0v) is 15.2. The first kappa shape index (κ1) is 18.9. The van der Waals surface area contributed by atoms with Crippen LogP contribution in [-0.2, 0) is 17.1 Å². The minimum Gasteiger partial charge on any atom is -0.396 e. The van der Waals surface area contributed by atoms with E-state index in [1.807, 2.05) is 6.92 Å². The Bertz CT molecular complexity index is 844. The molecule has 0 saturated heterocycles. The first-order valence-corrected chi connectivity index (χ1v) is 9.19. The third kappa shape index (κ3) is 3.99. The van der Waals surface area contributed by atoms with Gasteiger partial charge in [0.15, 0.2) is 5.82 Å². The van der Waals surface area contributed by atoms with Gasteiger partial charge in [-0.25, -0.2) is 8.42 Å². The number of amides is 1. The van der Waals surface area contributed by atoms with E-state index in [0.29, 0.717) is 6.42 Å². The Balaban J connectivity index is 2.35. The molecular weight excluding hydrogens is 344 g/mol. The fourth-order valence-corrected chi connectivity index (χ4v) is 3.56. The molecule has 2 aromatic rings. The number of carbonyl (C=O) groups excluding carboxylic acids is 1. The van der Waals surface area contributed by atoms with Gasteiger partial charge in [0.05, 0.1) is 11.1 Å². The molecule has 2 rings (SSSR count). The fraction of sp³-hybridized carbons (Fsp3) is 0.375. The summed E-state index contributed by atoms with van der Waals surface area (Å²) in [5.41, 5.74) is 1.10. The number of aliphatic hydroxyl groups is 1. The molecule has 1 amide bonds. The van der Waals surface area contributed by atoms with E-state index >= 15 is 0 Å². The molecule has 0 saturated carbocycles. The monoisotopic (exact) mass is 366 g/mol. The summed E-state index contributed by atoms with van der Waals surface area (Å²) in [5, 5.41) is 15.4. The van der Waals surface area contributed by atoms with Gasteiger partial charge < -0.3 is 10.4 Å². The molecule has 2 N–H and O–H groups in total. The summed E-state index contributed by atoms with van der Waals surface area (Å²) in [6.07, 6.45) is 1.74. The molecule has 1 heterocycles. The summed E-state index contributed by atoms with van der Waals surface area (Å²) in [7, 11) is -0.874. The first-order valence-electron chi connectivity index (χ1n) is 7.75. The van der Waals surface area contributed by atoms with Crippen LogP contribution in [0.2, 0.25) is 0 Å². The van der Waals surface area contributed by atoms with Crippen LogP contribution in [0.15, 0.2) is 35.4 Å². The van der Waals surface area contributed by atoms with Crippen molar-refractivity contribution in [1.29, 1.82) is 0 Å². The molecule has 136 valence electrons. The Hall–Kier alpha value is -2.39. The average Bonchev–Trinajstić information content (AvgIpc) is 2.96. The molecule has 8 nitrogen and oxygen atoms in total. The average molecular weight is 366 g/mol. The minimum absolute atomic E-state index is 0.0398. The van der Waals surface area contributed by atoms with Crippen LogP contribution in [0.25, 0.3) is 0 Å². The second-order valence-corrected chi connectivity index (χ2v) is 7.59. The zero-order valence-electron chi connectivity index (χ0n) is 14.4. The molecule has 0 fully saturated rings. The Labute approximate surface area is 147 Å². The molecule has 25 heavy (non-hydrogen) atoms. The van der Waals surface area contributed by atoms with Crippen molar-refractivity contribution in [1.82, 2.24) is 15.1 Å². The number of sulfonamides is 1. The van der Waals surface area contributed by atoms with Crippen molar-refractivity contribution in [3.63, 3.8) is 0 Å². The van der Waals surface area contributed by atoms with Crippen molar-refractivity contribution in [2.24, 2.45) is 7.05 Å². The van der Waals surface area contributed by atoms with E-state index in [0.717, 1.165) is 9.87 Å². The molecule has 0 bridgehead atoms. The van der Waals surface area contributed by atoms with Crippen LogP contribution in [0.4, 0.5) is 5.82 Å². The molecular formula is C16H22N4O4S. The zero-order chi connectivity index (χ0) is 18.6. The Morgan fingerprint density at radius 1 is 1.32 bits per heavy atom. The van der Waals surface area contributed by atoms with Gasteiger partial charge in [0.25, 0.3) is 15.9 Å². The van der Waals surface area contributed by atoms with Crippen molar-refractivity contribution >= 4 is 21.7 Å². The van der Waals surface area contributed by atoms with E-state index in [1.165, 1.54) is 30.1 Å². The predicted octanol–water partition coefficient (Wildman–Crippen LogP) is 0.666. The van der Waals surface area contributed by atoms with Crippen molar-refractivity contribution < 1.29 is 18.3 Å². The van der Waals surface area contributed by atoms with Gasteiger partial charge in [-0.1, -0.05) is 17.7 Å². The normalized spacial score (nSPS) is 11.4. The molecule has 0 unspecified atom stereocenters. The second kappa shape index (κ2) is 7.66. The third-order valence-corrected chi connectivity index (χ3v) is 5.51. The van der Waals surface area contributed by atoms with E-state index < -0.39 is 15.9 Å². The maximum absolute atomic E-state index is 12.8. The van der Waals surface area contributed by atoms with E-state index in [4.69, 9.17) is 5.11 Å². The number of aryl methyl sites for hydroxylation is 2. The van der Waals surface area contributed by atoms with Gasteiger partial charge in [0, 0.05) is 27.2 Å². The van der Waals surface area contributed by atoms with Crippen LogP contribution in [-0.4, -0.2) is 49.4 Å². The molecule has 0 spiro atoms. The first-order chi connectivity index (χ1) is 11.8. The third-order valence-electron chi connectivity index (χ3n) is 3.75. The summed E-state index contributed by atoms with van der Waals surface area (Å²) in [6, 6.07) is 6.48. The number of aromatic nitrogens is 2.